The highest BCUT2D eigenvalue weighted by Gasteiger charge is 2.34. The van der Waals surface area contributed by atoms with Crippen LogP contribution in [0.1, 0.15) is 48.9 Å². The van der Waals surface area contributed by atoms with Crippen molar-refractivity contribution in [3.05, 3.63) is 83.2 Å². The molecule has 0 aliphatic carbocycles. The van der Waals surface area contributed by atoms with Crippen LogP contribution in [0, 0.1) is 0 Å². The van der Waals surface area contributed by atoms with Crippen molar-refractivity contribution in [1.29, 1.82) is 0 Å². The number of aryl methyl sites for hydroxylation is 1. The van der Waals surface area contributed by atoms with Crippen LogP contribution in [0.15, 0.2) is 65.8 Å². The lowest BCUT2D eigenvalue weighted by Crippen LogP contribution is -2.38. The molecule has 1 aliphatic rings. The zero-order chi connectivity index (χ0) is 20.8. The summed E-state index contributed by atoms with van der Waals surface area (Å²) in [6.07, 6.45) is 3.80. The third-order valence-electron chi connectivity index (χ3n) is 5.65. The van der Waals surface area contributed by atoms with Gasteiger partial charge in [-0.1, -0.05) is 57.2 Å². The van der Waals surface area contributed by atoms with Gasteiger partial charge in [0.05, 0.1) is 11.1 Å². The van der Waals surface area contributed by atoms with E-state index in [9.17, 15) is 8.42 Å². The predicted molar refractivity (Wildman–Crippen MR) is 114 cm³/mol. The van der Waals surface area contributed by atoms with Crippen LogP contribution in [0.25, 0.3) is 0 Å². The molecule has 6 heteroatoms. The van der Waals surface area contributed by atoms with Crippen molar-refractivity contribution in [2.45, 2.75) is 43.5 Å². The maximum atomic E-state index is 13.4. The first kappa shape index (κ1) is 19.9. The maximum absolute atomic E-state index is 13.4. The van der Waals surface area contributed by atoms with Gasteiger partial charge >= 0.3 is 0 Å². The van der Waals surface area contributed by atoms with Crippen LogP contribution in [0.4, 0.5) is 0 Å². The summed E-state index contributed by atoms with van der Waals surface area (Å²) in [6.45, 7) is 7.16. The van der Waals surface area contributed by atoms with Gasteiger partial charge < -0.3 is 0 Å². The van der Waals surface area contributed by atoms with Gasteiger partial charge in [0.15, 0.2) is 0 Å². The van der Waals surface area contributed by atoms with Gasteiger partial charge in [0, 0.05) is 32.3 Å². The summed E-state index contributed by atoms with van der Waals surface area (Å²) >= 11 is 0. The van der Waals surface area contributed by atoms with Crippen molar-refractivity contribution in [2.24, 2.45) is 7.05 Å². The van der Waals surface area contributed by atoms with Gasteiger partial charge in [0.1, 0.15) is 0 Å². The minimum atomic E-state index is -3.59. The quantitative estimate of drug-likeness (QED) is 0.656. The number of benzene rings is 2. The molecule has 2 aromatic carbocycles. The Balaban J connectivity index is 1.71. The molecule has 1 aliphatic heterocycles. The second kappa shape index (κ2) is 7.11. The van der Waals surface area contributed by atoms with Crippen LogP contribution in [0.5, 0.6) is 0 Å². The van der Waals surface area contributed by atoms with Crippen LogP contribution in [0.3, 0.4) is 0 Å². The van der Waals surface area contributed by atoms with E-state index in [1.165, 1.54) is 5.56 Å². The maximum Gasteiger partial charge on any atom is 0.243 e. The summed E-state index contributed by atoms with van der Waals surface area (Å²) in [6, 6.07) is 15.4. The van der Waals surface area contributed by atoms with Crippen LogP contribution < -0.4 is 0 Å². The molecule has 5 nitrogen and oxygen atoms in total. The van der Waals surface area contributed by atoms with Crippen molar-refractivity contribution in [2.75, 3.05) is 6.54 Å². The fraction of sp³-hybridized carbons (Fsp3) is 0.348. The minimum absolute atomic E-state index is 0.0161. The van der Waals surface area contributed by atoms with Crippen LogP contribution in [-0.4, -0.2) is 29.0 Å². The van der Waals surface area contributed by atoms with Crippen LogP contribution in [-0.2, 0) is 29.0 Å². The minimum Gasteiger partial charge on any atom is -0.276 e. The molecule has 0 amide bonds. The number of hydrogen-bond donors (Lipinski definition) is 0. The highest BCUT2D eigenvalue weighted by atomic mass is 32.2. The van der Waals surface area contributed by atoms with Gasteiger partial charge in [-0.2, -0.15) is 9.40 Å². The third-order valence-corrected chi connectivity index (χ3v) is 7.47. The lowest BCUT2D eigenvalue weighted by molar-refractivity contribution is 0.371. The van der Waals surface area contributed by atoms with E-state index in [0.717, 1.165) is 16.7 Å². The molecule has 0 fully saturated rings. The largest absolute Gasteiger partial charge is 0.276 e. The molecule has 0 bridgehead atoms. The fourth-order valence-electron chi connectivity index (χ4n) is 3.94. The monoisotopic (exact) mass is 409 g/mol. The molecular formula is C23H27N3O2S. The first-order valence-corrected chi connectivity index (χ1v) is 11.3. The second-order valence-corrected chi connectivity index (χ2v) is 10.7. The molecule has 0 N–H and O–H groups in total. The summed E-state index contributed by atoms with van der Waals surface area (Å²) in [5.74, 6) is -0.0303. The number of aromatic nitrogens is 2. The first-order chi connectivity index (χ1) is 13.7. The molecule has 0 radical (unpaired) electrons. The lowest BCUT2D eigenvalue weighted by Gasteiger charge is -2.33. The summed E-state index contributed by atoms with van der Waals surface area (Å²) in [4.78, 5) is 0.342. The Morgan fingerprint density at radius 3 is 2.34 bits per heavy atom. The van der Waals surface area contributed by atoms with Crippen molar-refractivity contribution >= 4 is 10.0 Å². The van der Waals surface area contributed by atoms with Crippen LogP contribution in [0.2, 0.25) is 0 Å². The van der Waals surface area contributed by atoms with Gasteiger partial charge in [-0.15, -0.1) is 0 Å². The van der Waals surface area contributed by atoms with E-state index < -0.39 is 10.0 Å². The van der Waals surface area contributed by atoms with Gasteiger partial charge in [-0.25, -0.2) is 8.42 Å². The summed E-state index contributed by atoms with van der Waals surface area (Å²) in [7, 11) is -1.72. The number of sulfonamides is 1. The standard InChI is InChI=1S/C23H27N3O2S/c1-23(2,3)19-9-11-20(12-10-19)29(27,28)26-15-17-7-5-6-8-21(17)22(16-26)18-13-24-25(4)14-18/h5-14,22H,15-16H2,1-4H3. The average Bonchev–Trinajstić information content (AvgIpc) is 3.12. The zero-order valence-corrected chi connectivity index (χ0v) is 18.1. The summed E-state index contributed by atoms with van der Waals surface area (Å²) < 4.78 is 30.2. The predicted octanol–water partition coefficient (Wildman–Crippen LogP) is 4.05. The molecule has 0 saturated carbocycles. The van der Waals surface area contributed by atoms with E-state index in [1.54, 1.807) is 21.1 Å². The molecule has 4 rings (SSSR count). The van der Waals surface area contributed by atoms with E-state index in [-0.39, 0.29) is 11.3 Å². The molecule has 2 heterocycles. The Bertz CT molecular complexity index is 1130. The normalized spacial score (nSPS) is 17.9. The fourth-order valence-corrected chi connectivity index (χ4v) is 5.37. The van der Waals surface area contributed by atoms with E-state index in [4.69, 9.17) is 0 Å². The molecule has 1 unspecified atom stereocenters. The zero-order valence-electron chi connectivity index (χ0n) is 17.3. The Morgan fingerprint density at radius 1 is 1.03 bits per heavy atom. The highest BCUT2D eigenvalue weighted by molar-refractivity contribution is 7.89. The molecule has 29 heavy (non-hydrogen) atoms. The Hall–Kier alpha value is -2.44. The molecule has 0 saturated heterocycles. The number of rotatable bonds is 3. The van der Waals surface area contributed by atoms with Gasteiger partial charge in [0.2, 0.25) is 10.0 Å². The number of fused-ring (bicyclic) bond motifs is 1. The first-order valence-electron chi connectivity index (χ1n) is 9.83. The van der Waals surface area contributed by atoms with E-state index >= 15 is 0 Å². The Kier molecular flexibility index (Phi) is 4.87. The van der Waals surface area contributed by atoms with Crippen molar-refractivity contribution < 1.29 is 8.42 Å². The van der Waals surface area contributed by atoms with Crippen molar-refractivity contribution in [1.82, 2.24) is 14.1 Å². The third kappa shape index (κ3) is 3.74. The molecule has 1 atom stereocenters. The average molecular weight is 410 g/mol. The lowest BCUT2D eigenvalue weighted by atomic mass is 9.87. The van der Waals surface area contributed by atoms with Gasteiger partial charge in [0.25, 0.3) is 0 Å². The number of hydrogen-bond acceptors (Lipinski definition) is 3. The van der Waals surface area contributed by atoms with E-state index in [0.29, 0.717) is 18.0 Å². The molecule has 152 valence electrons. The molecule has 3 aromatic rings. The van der Waals surface area contributed by atoms with E-state index in [2.05, 4.69) is 31.9 Å². The molecular weight excluding hydrogens is 382 g/mol. The Morgan fingerprint density at radius 2 is 1.72 bits per heavy atom. The second-order valence-electron chi connectivity index (χ2n) is 8.77. The van der Waals surface area contributed by atoms with Crippen molar-refractivity contribution in [3.63, 3.8) is 0 Å². The SMILES string of the molecule is Cn1cc(C2CN(S(=O)(=O)c3ccc(C(C)(C)C)cc3)Cc3ccccc32)cn1. The molecule has 0 spiro atoms. The Labute approximate surface area is 173 Å². The highest BCUT2D eigenvalue weighted by Crippen LogP contribution is 2.36. The van der Waals surface area contributed by atoms with E-state index in [1.807, 2.05) is 49.8 Å². The topological polar surface area (TPSA) is 55.2 Å². The summed E-state index contributed by atoms with van der Waals surface area (Å²) in [5.41, 5.74) is 4.35. The summed E-state index contributed by atoms with van der Waals surface area (Å²) in [5, 5.41) is 4.29. The number of nitrogens with zero attached hydrogens (tertiary/aromatic N) is 3. The van der Waals surface area contributed by atoms with Crippen LogP contribution >= 0.6 is 0 Å². The molecule has 1 aromatic heterocycles. The van der Waals surface area contributed by atoms with Gasteiger partial charge in [-0.05, 0) is 39.8 Å². The van der Waals surface area contributed by atoms with Gasteiger partial charge in [-0.3, -0.25) is 4.68 Å². The smallest absolute Gasteiger partial charge is 0.243 e. The van der Waals surface area contributed by atoms with Crippen molar-refractivity contribution in [3.8, 4) is 0 Å².